The second-order valence-electron chi connectivity index (χ2n) is 4.78. The molecule has 0 unspecified atom stereocenters. The maximum atomic E-state index is 12.2. The third-order valence-electron chi connectivity index (χ3n) is 3.15. The van der Waals surface area contributed by atoms with E-state index in [1.807, 2.05) is 6.92 Å². The first-order chi connectivity index (χ1) is 11.6. The minimum Gasteiger partial charge on any atom is -0.478 e. The highest BCUT2D eigenvalue weighted by molar-refractivity contribution is 7.22. The quantitative estimate of drug-likeness (QED) is 0.738. The number of ether oxygens (including phenoxy) is 1. The van der Waals surface area contributed by atoms with Crippen LogP contribution in [0.3, 0.4) is 0 Å². The zero-order valence-electron chi connectivity index (χ0n) is 12.6. The normalized spacial score (nSPS) is 10.5. The van der Waals surface area contributed by atoms with Crippen molar-refractivity contribution in [2.75, 3.05) is 11.9 Å². The fourth-order valence-electron chi connectivity index (χ4n) is 2.03. The van der Waals surface area contributed by atoms with Gasteiger partial charge in [-0.1, -0.05) is 11.3 Å². The van der Waals surface area contributed by atoms with Gasteiger partial charge in [0, 0.05) is 12.3 Å². The van der Waals surface area contributed by atoms with Crippen molar-refractivity contribution in [1.29, 1.82) is 0 Å². The van der Waals surface area contributed by atoms with E-state index in [4.69, 9.17) is 9.84 Å². The molecule has 1 aromatic carbocycles. The third kappa shape index (κ3) is 3.33. The highest BCUT2D eigenvalue weighted by Gasteiger charge is 2.12. The summed E-state index contributed by atoms with van der Waals surface area (Å²) >= 11 is 1.21. The average Bonchev–Trinajstić information content (AvgIpc) is 2.97. The molecule has 7 nitrogen and oxygen atoms in total. The molecule has 122 valence electrons. The maximum absolute atomic E-state index is 12.2. The van der Waals surface area contributed by atoms with Crippen LogP contribution in [0.1, 0.15) is 27.6 Å². The van der Waals surface area contributed by atoms with E-state index in [1.54, 1.807) is 18.2 Å². The lowest BCUT2D eigenvalue weighted by atomic mass is 10.2. The molecule has 0 saturated heterocycles. The number of benzene rings is 1. The van der Waals surface area contributed by atoms with Gasteiger partial charge in [0.05, 0.1) is 28.0 Å². The number of carboxylic acid groups (broad SMARTS) is 1. The van der Waals surface area contributed by atoms with E-state index in [2.05, 4.69) is 15.3 Å². The molecule has 0 fully saturated rings. The Morgan fingerprint density at radius 1 is 1.25 bits per heavy atom. The van der Waals surface area contributed by atoms with Gasteiger partial charge in [-0.25, -0.2) is 14.8 Å². The molecule has 0 radical (unpaired) electrons. The first-order valence-corrected chi connectivity index (χ1v) is 7.92. The van der Waals surface area contributed by atoms with Gasteiger partial charge < -0.3 is 9.84 Å². The van der Waals surface area contributed by atoms with Gasteiger partial charge >= 0.3 is 5.97 Å². The van der Waals surface area contributed by atoms with Gasteiger partial charge in [-0.15, -0.1) is 0 Å². The molecule has 1 amide bonds. The minimum absolute atomic E-state index is 0.180. The number of carbonyl (C=O) groups excluding carboxylic acids is 1. The van der Waals surface area contributed by atoms with Crippen LogP contribution in [0, 0.1) is 0 Å². The molecule has 2 heterocycles. The van der Waals surface area contributed by atoms with Gasteiger partial charge in [0.15, 0.2) is 5.13 Å². The summed E-state index contributed by atoms with van der Waals surface area (Å²) in [5.74, 6) is -0.894. The lowest BCUT2D eigenvalue weighted by molar-refractivity contribution is 0.0697. The number of aromatic carboxylic acids is 1. The maximum Gasteiger partial charge on any atom is 0.335 e. The Morgan fingerprint density at radius 2 is 2.04 bits per heavy atom. The largest absolute Gasteiger partial charge is 0.478 e. The summed E-state index contributed by atoms with van der Waals surface area (Å²) in [5.41, 5.74) is 1.19. The molecular formula is C16H13N3O4S. The third-order valence-corrected chi connectivity index (χ3v) is 4.08. The van der Waals surface area contributed by atoms with Crippen molar-refractivity contribution in [2.45, 2.75) is 6.92 Å². The smallest absolute Gasteiger partial charge is 0.335 e. The van der Waals surface area contributed by atoms with Crippen LogP contribution in [0.4, 0.5) is 5.13 Å². The lowest BCUT2D eigenvalue weighted by Crippen LogP contribution is -2.12. The van der Waals surface area contributed by atoms with Crippen LogP contribution >= 0.6 is 11.3 Å². The number of fused-ring (bicyclic) bond motifs is 1. The van der Waals surface area contributed by atoms with Gasteiger partial charge in [-0.05, 0) is 31.2 Å². The van der Waals surface area contributed by atoms with Gasteiger partial charge in [0.2, 0.25) is 5.88 Å². The highest BCUT2D eigenvalue weighted by atomic mass is 32.1. The first-order valence-electron chi connectivity index (χ1n) is 7.11. The summed E-state index contributed by atoms with van der Waals surface area (Å²) in [6.07, 6.45) is 1.43. The number of thiazole rings is 1. The van der Waals surface area contributed by atoms with Gasteiger partial charge in [-0.3, -0.25) is 10.1 Å². The van der Waals surface area contributed by atoms with Crippen LogP contribution in [-0.4, -0.2) is 33.6 Å². The molecule has 0 atom stereocenters. The first kappa shape index (κ1) is 15.9. The van der Waals surface area contributed by atoms with E-state index >= 15 is 0 Å². The zero-order chi connectivity index (χ0) is 17.1. The van der Waals surface area contributed by atoms with E-state index in [1.165, 1.54) is 29.7 Å². The summed E-state index contributed by atoms with van der Waals surface area (Å²) in [4.78, 5) is 31.5. The number of aromatic nitrogens is 2. The Labute approximate surface area is 140 Å². The van der Waals surface area contributed by atoms with E-state index in [9.17, 15) is 9.59 Å². The second kappa shape index (κ2) is 6.63. The molecule has 0 aliphatic carbocycles. The average molecular weight is 343 g/mol. The summed E-state index contributed by atoms with van der Waals surface area (Å²) in [6, 6.07) is 7.86. The van der Waals surface area contributed by atoms with Crippen LogP contribution < -0.4 is 10.1 Å². The molecule has 0 spiro atoms. The fraction of sp³-hybridized carbons (Fsp3) is 0.125. The second-order valence-corrected chi connectivity index (χ2v) is 5.81. The predicted octanol–water partition coefficient (Wildman–Crippen LogP) is 3.04. The monoisotopic (exact) mass is 343 g/mol. The number of rotatable bonds is 5. The van der Waals surface area contributed by atoms with Gasteiger partial charge in [0.25, 0.3) is 5.91 Å². The van der Waals surface area contributed by atoms with Gasteiger partial charge in [-0.2, -0.15) is 0 Å². The Hall–Kier alpha value is -3.00. The number of nitrogens with one attached hydrogen (secondary N) is 1. The molecule has 8 heteroatoms. The molecule has 2 aromatic heterocycles. The number of nitrogens with zero attached hydrogens (tertiary/aromatic N) is 2. The summed E-state index contributed by atoms with van der Waals surface area (Å²) in [7, 11) is 0. The predicted molar refractivity (Wildman–Crippen MR) is 89.9 cm³/mol. The van der Waals surface area contributed by atoms with Crippen LogP contribution in [0.5, 0.6) is 5.88 Å². The molecule has 0 aliphatic rings. The molecule has 3 aromatic rings. The molecule has 24 heavy (non-hydrogen) atoms. The number of hydrogen-bond acceptors (Lipinski definition) is 6. The molecule has 3 rings (SSSR count). The number of pyridine rings is 1. The van der Waals surface area contributed by atoms with Crippen LogP contribution in [0.2, 0.25) is 0 Å². The number of amides is 1. The number of hydrogen-bond donors (Lipinski definition) is 2. The molecule has 0 saturated carbocycles. The topological polar surface area (TPSA) is 101 Å². The highest BCUT2D eigenvalue weighted by Crippen LogP contribution is 2.27. The molecule has 0 bridgehead atoms. The Bertz CT molecular complexity index is 905. The van der Waals surface area contributed by atoms with Crippen molar-refractivity contribution in [3.8, 4) is 5.88 Å². The van der Waals surface area contributed by atoms with Crippen molar-refractivity contribution in [2.24, 2.45) is 0 Å². The van der Waals surface area contributed by atoms with Crippen molar-refractivity contribution in [1.82, 2.24) is 9.97 Å². The Kier molecular flexibility index (Phi) is 4.39. The van der Waals surface area contributed by atoms with Gasteiger partial charge in [0.1, 0.15) is 0 Å². The Morgan fingerprint density at radius 3 is 2.71 bits per heavy atom. The van der Waals surface area contributed by atoms with Crippen LogP contribution in [0.15, 0.2) is 36.5 Å². The van der Waals surface area contributed by atoms with Crippen molar-refractivity contribution < 1.29 is 19.4 Å². The molecule has 0 aliphatic heterocycles. The number of carbonyl (C=O) groups is 2. The fourth-order valence-corrected chi connectivity index (χ4v) is 2.93. The SMILES string of the molecule is CCOc1ccc(C(=O)Nc2nc3ccc(C(=O)O)cc3s2)cn1. The van der Waals surface area contributed by atoms with E-state index in [0.717, 1.165) is 0 Å². The van der Waals surface area contributed by atoms with E-state index in [-0.39, 0.29) is 11.5 Å². The summed E-state index contributed by atoms with van der Waals surface area (Å²) in [5, 5.41) is 12.1. The molecular weight excluding hydrogens is 330 g/mol. The molecule has 2 N–H and O–H groups in total. The van der Waals surface area contributed by atoms with Crippen molar-refractivity contribution >= 4 is 38.6 Å². The minimum atomic E-state index is -1.00. The zero-order valence-corrected chi connectivity index (χ0v) is 13.5. The number of carboxylic acids is 1. The van der Waals surface area contributed by atoms with E-state index < -0.39 is 5.97 Å². The Balaban J connectivity index is 1.78. The summed E-state index contributed by atoms with van der Waals surface area (Å²) in [6.45, 7) is 2.35. The van der Waals surface area contributed by atoms with Crippen molar-refractivity contribution in [3.63, 3.8) is 0 Å². The lowest BCUT2D eigenvalue weighted by Gasteiger charge is -2.03. The summed E-state index contributed by atoms with van der Waals surface area (Å²) < 4.78 is 5.92. The number of anilines is 1. The van der Waals surface area contributed by atoms with E-state index in [0.29, 0.717) is 33.4 Å². The van der Waals surface area contributed by atoms with Crippen molar-refractivity contribution in [3.05, 3.63) is 47.7 Å². The van der Waals surface area contributed by atoms with Crippen LogP contribution in [-0.2, 0) is 0 Å². The van der Waals surface area contributed by atoms with Crippen LogP contribution in [0.25, 0.3) is 10.2 Å². The standard InChI is InChI=1S/C16H13N3O4S/c1-2-23-13-6-4-10(8-17-13)14(20)19-16-18-11-5-3-9(15(21)22)7-12(11)24-16/h3-8H,2H2,1H3,(H,21,22)(H,18,19,20).